The van der Waals surface area contributed by atoms with Gasteiger partial charge in [0.15, 0.2) is 0 Å². The summed E-state index contributed by atoms with van der Waals surface area (Å²) in [5, 5.41) is 9.02. The molecule has 4 nitrogen and oxygen atoms in total. The summed E-state index contributed by atoms with van der Waals surface area (Å²) in [6.07, 6.45) is 3.50. The Hall–Kier alpha value is -2.18. The molecular weight excluding hydrogens is 337 g/mol. The van der Waals surface area contributed by atoms with E-state index < -0.39 is 11.7 Å². The van der Waals surface area contributed by atoms with Crippen molar-refractivity contribution in [1.29, 1.82) is 0 Å². The summed E-state index contributed by atoms with van der Waals surface area (Å²) in [5.41, 5.74) is -0.139. The van der Waals surface area contributed by atoms with Crippen LogP contribution in [0, 0.1) is 5.82 Å². The average molecular weight is 350 g/mol. The van der Waals surface area contributed by atoms with Crippen LogP contribution in [0.1, 0.15) is 21.3 Å². The molecule has 0 bridgehead atoms. The molecule has 0 radical (unpaired) electrons. The van der Waals surface area contributed by atoms with Crippen LogP contribution >= 0.6 is 22.9 Å². The standard InChI is InChI=1S/C16H13ClFN3OS/c17-11-4-1-5-12(18)15(11)16(22)19-10-13(14-6-2-9-23-14)21-8-3-7-20-21/h1-9,13H,10H2,(H,19,22). The van der Waals surface area contributed by atoms with Crippen LogP contribution in [-0.4, -0.2) is 22.2 Å². The predicted octanol–water partition coefficient (Wildman–Crippen LogP) is 3.76. The predicted molar refractivity (Wildman–Crippen MR) is 88.4 cm³/mol. The minimum atomic E-state index is -0.637. The van der Waals surface area contributed by atoms with Gasteiger partial charge in [-0.05, 0) is 29.6 Å². The van der Waals surface area contributed by atoms with Crippen LogP contribution in [0.5, 0.6) is 0 Å². The number of hydrogen-bond acceptors (Lipinski definition) is 3. The lowest BCUT2D eigenvalue weighted by molar-refractivity contribution is 0.0945. The van der Waals surface area contributed by atoms with Gasteiger partial charge in [-0.2, -0.15) is 5.10 Å². The van der Waals surface area contributed by atoms with Crippen molar-refractivity contribution in [3.63, 3.8) is 0 Å². The topological polar surface area (TPSA) is 46.9 Å². The van der Waals surface area contributed by atoms with Gasteiger partial charge in [-0.25, -0.2) is 4.39 Å². The van der Waals surface area contributed by atoms with E-state index in [-0.39, 0.29) is 23.2 Å². The van der Waals surface area contributed by atoms with Gasteiger partial charge in [0.2, 0.25) is 0 Å². The van der Waals surface area contributed by atoms with E-state index >= 15 is 0 Å². The first-order valence-corrected chi connectivity index (χ1v) is 8.17. The van der Waals surface area contributed by atoms with Gasteiger partial charge >= 0.3 is 0 Å². The highest BCUT2D eigenvalue weighted by Crippen LogP contribution is 2.23. The molecule has 2 aromatic heterocycles. The van der Waals surface area contributed by atoms with Crippen molar-refractivity contribution in [2.24, 2.45) is 0 Å². The van der Waals surface area contributed by atoms with E-state index in [0.29, 0.717) is 0 Å². The summed E-state index contributed by atoms with van der Waals surface area (Å²) in [7, 11) is 0. The van der Waals surface area contributed by atoms with Crippen LogP contribution in [0.4, 0.5) is 4.39 Å². The second kappa shape index (κ2) is 6.93. The van der Waals surface area contributed by atoms with Crippen molar-refractivity contribution < 1.29 is 9.18 Å². The lowest BCUT2D eigenvalue weighted by Gasteiger charge is -2.17. The Bertz CT molecular complexity index is 735. The van der Waals surface area contributed by atoms with Crippen LogP contribution in [-0.2, 0) is 0 Å². The number of carbonyl (C=O) groups is 1. The van der Waals surface area contributed by atoms with Crippen molar-refractivity contribution in [3.05, 3.63) is 75.5 Å². The minimum Gasteiger partial charge on any atom is -0.349 e. The Kier molecular flexibility index (Phi) is 4.73. The zero-order valence-corrected chi connectivity index (χ0v) is 13.5. The molecular formula is C16H13ClFN3OS. The molecule has 0 fully saturated rings. The molecule has 3 rings (SSSR count). The van der Waals surface area contributed by atoms with Crippen molar-refractivity contribution >= 4 is 28.8 Å². The quantitative estimate of drug-likeness (QED) is 0.762. The molecule has 7 heteroatoms. The smallest absolute Gasteiger partial charge is 0.255 e. The fraction of sp³-hybridized carbons (Fsp3) is 0.125. The highest BCUT2D eigenvalue weighted by Gasteiger charge is 2.20. The summed E-state index contributed by atoms with van der Waals surface area (Å²) < 4.78 is 15.6. The van der Waals surface area contributed by atoms with Crippen molar-refractivity contribution in [2.45, 2.75) is 6.04 Å². The van der Waals surface area contributed by atoms with Gasteiger partial charge in [-0.3, -0.25) is 9.48 Å². The summed E-state index contributed by atoms with van der Waals surface area (Å²) in [6.45, 7) is 0.283. The zero-order chi connectivity index (χ0) is 16.2. The van der Waals surface area contributed by atoms with Crippen LogP contribution in [0.2, 0.25) is 5.02 Å². The average Bonchev–Trinajstić information content (AvgIpc) is 3.21. The number of amides is 1. The van der Waals surface area contributed by atoms with E-state index in [1.807, 2.05) is 29.8 Å². The molecule has 0 saturated carbocycles. The first-order chi connectivity index (χ1) is 11.2. The maximum absolute atomic E-state index is 13.8. The number of benzene rings is 1. The second-order valence-electron chi connectivity index (χ2n) is 4.82. The number of carbonyl (C=O) groups excluding carboxylic acids is 1. The molecule has 2 heterocycles. The Morgan fingerprint density at radius 3 is 2.87 bits per heavy atom. The molecule has 0 spiro atoms. The van der Waals surface area contributed by atoms with Gasteiger partial charge in [0.25, 0.3) is 5.91 Å². The largest absolute Gasteiger partial charge is 0.349 e. The molecule has 1 unspecified atom stereocenters. The second-order valence-corrected chi connectivity index (χ2v) is 6.21. The maximum atomic E-state index is 13.8. The minimum absolute atomic E-state index is 0.0919. The molecule has 1 atom stereocenters. The number of nitrogens with zero attached hydrogens (tertiary/aromatic N) is 2. The molecule has 0 saturated heterocycles. The van der Waals surface area contributed by atoms with Gasteiger partial charge < -0.3 is 5.32 Å². The van der Waals surface area contributed by atoms with E-state index in [0.717, 1.165) is 4.88 Å². The summed E-state index contributed by atoms with van der Waals surface area (Å²) in [6, 6.07) is 9.74. The fourth-order valence-electron chi connectivity index (χ4n) is 2.26. The van der Waals surface area contributed by atoms with E-state index in [1.165, 1.54) is 18.2 Å². The third-order valence-electron chi connectivity index (χ3n) is 3.36. The van der Waals surface area contributed by atoms with Crippen molar-refractivity contribution in [2.75, 3.05) is 6.54 Å². The first-order valence-electron chi connectivity index (χ1n) is 6.91. The maximum Gasteiger partial charge on any atom is 0.255 e. The molecule has 0 aliphatic rings. The van der Waals surface area contributed by atoms with Crippen LogP contribution in [0.25, 0.3) is 0 Å². The van der Waals surface area contributed by atoms with Crippen molar-refractivity contribution in [3.8, 4) is 0 Å². The number of aromatic nitrogens is 2. The van der Waals surface area contributed by atoms with Gasteiger partial charge in [-0.15, -0.1) is 11.3 Å². The van der Waals surface area contributed by atoms with Crippen molar-refractivity contribution in [1.82, 2.24) is 15.1 Å². The molecule has 0 aliphatic carbocycles. The molecule has 1 aromatic carbocycles. The number of nitrogens with one attached hydrogen (secondary N) is 1. The Balaban J connectivity index is 1.78. The van der Waals surface area contributed by atoms with E-state index in [1.54, 1.807) is 22.2 Å². The van der Waals surface area contributed by atoms with E-state index in [2.05, 4.69) is 10.4 Å². The fourth-order valence-corrected chi connectivity index (χ4v) is 3.33. The van der Waals surface area contributed by atoms with Gasteiger partial charge in [0.1, 0.15) is 11.9 Å². The van der Waals surface area contributed by atoms with E-state index in [9.17, 15) is 9.18 Å². The number of hydrogen-bond donors (Lipinski definition) is 1. The number of halogens is 2. The molecule has 23 heavy (non-hydrogen) atoms. The lowest BCUT2D eigenvalue weighted by Crippen LogP contribution is -2.32. The monoisotopic (exact) mass is 349 g/mol. The van der Waals surface area contributed by atoms with Gasteiger partial charge in [-0.1, -0.05) is 23.7 Å². The molecule has 118 valence electrons. The van der Waals surface area contributed by atoms with Crippen LogP contribution in [0.15, 0.2) is 54.2 Å². The summed E-state index contributed by atoms with van der Waals surface area (Å²) in [4.78, 5) is 13.3. The highest BCUT2D eigenvalue weighted by atomic mass is 35.5. The SMILES string of the molecule is O=C(NCC(c1cccs1)n1cccn1)c1c(F)cccc1Cl. The van der Waals surface area contributed by atoms with Gasteiger partial charge in [0.05, 0.1) is 10.6 Å². The Morgan fingerprint density at radius 1 is 1.35 bits per heavy atom. The molecule has 0 aliphatic heterocycles. The Labute approximate surface area is 141 Å². The van der Waals surface area contributed by atoms with E-state index in [4.69, 9.17) is 11.6 Å². The molecule has 1 N–H and O–H groups in total. The third-order valence-corrected chi connectivity index (χ3v) is 4.65. The molecule has 3 aromatic rings. The Morgan fingerprint density at radius 2 is 2.22 bits per heavy atom. The third kappa shape index (κ3) is 3.43. The van der Waals surface area contributed by atoms with Crippen LogP contribution < -0.4 is 5.32 Å². The van der Waals surface area contributed by atoms with Gasteiger partial charge in [0, 0.05) is 23.8 Å². The summed E-state index contributed by atoms with van der Waals surface area (Å²) in [5.74, 6) is -1.18. The van der Waals surface area contributed by atoms with Crippen LogP contribution in [0.3, 0.4) is 0 Å². The number of rotatable bonds is 5. The highest BCUT2D eigenvalue weighted by molar-refractivity contribution is 7.10. The summed E-state index contributed by atoms with van der Waals surface area (Å²) >= 11 is 7.49. The first kappa shape index (κ1) is 15.7. The zero-order valence-electron chi connectivity index (χ0n) is 11.9. The lowest BCUT2D eigenvalue weighted by atomic mass is 10.2. The number of thiophene rings is 1. The molecule has 1 amide bonds. The normalized spacial score (nSPS) is 12.1.